The van der Waals surface area contributed by atoms with Gasteiger partial charge < -0.3 is 10.1 Å². The fourth-order valence-electron chi connectivity index (χ4n) is 2.89. The minimum Gasteiger partial charge on any atom is -0.494 e. The first-order chi connectivity index (χ1) is 15.2. The molecule has 2 N–H and O–H groups in total. The van der Waals surface area contributed by atoms with Crippen LogP contribution in [0.2, 0.25) is 0 Å². The Labute approximate surface area is 185 Å². The van der Waals surface area contributed by atoms with Crippen LogP contribution >= 0.6 is 0 Å². The molecule has 0 saturated heterocycles. The topological polar surface area (TPSA) is 128 Å². The molecule has 0 spiro atoms. The predicted octanol–water partition coefficient (Wildman–Crippen LogP) is 4.36. The lowest BCUT2D eigenvalue weighted by Crippen LogP contribution is -2.14. The number of nitro benzene ring substituents is 1. The molecule has 0 aromatic heterocycles. The minimum absolute atomic E-state index is 0.211. The Balaban J connectivity index is 1.73. The van der Waals surface area contributed by atoms with E-state index in [4.69, 9.17) is 4.74 Å². The van der Waals surface area contributed by atoms with Crippen LogP contribution in [0.1, 0.15) is 22.8 Å². The molecule has 166 valence electrons. The number of ether oxygens (including phenoxy) is 1. The third-order valence-electron chi connectivity index (χ3n) is 4.49. The fraction of sp³-hybridized carbons (Fsp3) is 0.136. The highest BCUT2D eigenvalue weighted by Gasteiger charge is 2.20. The van der Waals surface area contributed by atoms with E-state index in [0.29, 0.717) is 29.2 Å². The Bertz CT molecular complexity index is 1260. The smallest absolute Gasteiger partial charge is 0.273 e. The summed E-state index contributed by atoms with van der Waals surface area (Å²) in [4.78, 5) is 22.7. The molecule has 0 radical (unpaired) electrons. The van der Waals surface area contributed by atoms with Crippen molar-refractivity contribution >= 4 is 33.0 Å². The second-order valence-electron chi connectivity index (χ2n) is 6.80. The van der Waals surface area contributed by atoms with E-state index in [1.54, 1.807) is 24.3 Å². The average Bonchev–Trinajstić information content (AvgIpc) is 2.74. The molecule has 0 atom stereocenters. The molecule has 9 nitrogen and oxygen atoms in total. The molecule has 10 heteroatoms. The molecule has 3 aromatic carbocycles. The number of anilines is 2. The van der Waals surface area contributed by atoms with Crippen molar-refractivity contribution < 1.29 is 22.9 Å². The fourth-order valence-corrected chi connectivity index (χ4v) is 3.97. The zero-order valence-electron chi connectivity index (χ0n) is 17.4. The SMILES string of the molecule is CCOc1cccc(NC(=O)c2ccc(NS(=O)(=O)c3ccc(C)c([N+](=O)[O-])c3)cc2)c1. The molecule has 0 aliphatic carbocycles. The van der Waals surface area contributed by atoms with Gasteiger partial charge in [0.15, 0.2) is 0 Å². The number of nitro groups is 1. The summed E-state index contributed by atoms with van der Waals surface area (Å²) < 4.78 is 33.0. The molecule has 32 heavy (non-hydrogen) atoms. The van der Waals surface area contributed by atoms with Crippen molar-refractivity contribution in [2.45, 2.75) is 18.7 Å². The van der Waals surface area contributed by atoms with Crippen LogP contribution in [0.4, 0.5) is 17.1 Å². The summed E-state index contributed by atoms with van der Waals surface area (Å²) in [5.74, 6) is 0.258. The van der Waals surface area contributed by atoms with Crippen LogP contribution < -0.4 is 14.8 Å². The highest BCUT2D eigenvalue weighted by molar-refractivity contribution is 7.92. The van der Waals surface area contributed by atoms with E-state index in [1.165, 1.54) is 43.3 Å². The van der Waals surface area contributed by atoms with Crippen molar-refractivity contribution in [2.75, 3.05) is 16.6 Å². The number of hydrogen-bond acceptors (Lipinski definition) is 6. The van der Waals surface area contributed by atoms with Crippen molar-refractivity contribution in [1.82, 2.24) is 0 Å². The number of carbonyl (C=O) groups excluding carboxylic acids is 1. The van der Waals surface area contributed by atoms with Gasteiger partial charge in [0.1, 0.15) is 5.75 Å². The van der Waals surface area contributed by atoms with E-state index in [2.05, 4.69) is 10.0 Å². The second-order valence-corrected chi connectivity index (χ2v) is 8.49. The maximum absolute atomic E-state index is 12.6. The molecule has 3 aromatic rings. The molecule has 0 fully saturated rings. The number of aryl methyl sites for hydroxylation is 1. The lowest BCUT2D eigenvalue weighted by atomic mass is 10.2. The van der Waals surface area contributed by atoms with Gasteiger partial charge in [-0.3, -0.25) is 19.6 Å². The van der Waals surface area contributed by atoms with Gasteiger partial charge in [-0.05, 0) is 56.3 Å². The summed E-state index contributed by atoms with van der Waals surface area (Å²) in [6, 6.07) is 16.5. The van der Waals surface area contributed by atoms with Crippen molar-refractivity contribution in [3.8, 4) is 5.75 Å². The number of nitrogens with zero attached hydrogens (tertiary/aromatic N) is 1. The Morgan fingerprint density at radius 1 is 1.03 bits per heavy atom. The van der Waals surface area contributed by atoms with Gasteiger partial charge in [0.25, 0.3) is 21.6 Å². The third kappa shape index (κ3) is 5.41. The molecule has 0 aliphatic rings. The van der Waals surface area contributed by atoms with Crippen molar-refractivity contribution in [1.29, 1.82) is 0 Å². The van der Waals surface area contributed by atoms with E-state index in [9.17, 15) is 23.3 Å². The van der Waals surface area contributed by atoms with Crippen molar-refractivity contribution in [3.05, 3.63) is 88.0 Å². The van der Waals surface area contributed by atoms with Gasteiger partial charge in [-0.15, -0.1) is 0 Å². The summed E-state index contributed by atoms with van der Waals surface area (Å²) in [5.41, 5.74) is 1.17. The summed E-state index contributed by atoms with van der Waals surface area (Å²) >= 11 is 0. The normalized spacial score (nSPS) is 10.9. The minimum atomic E-state index is -4.05. The Kier molecular flexibility index (Phi) is 6.74. The number of rotatable bonds is 8. The second kappa shape index (κ2) is 9.48. The summed E-state index contributed by atoms with van der Waals surface area (Å²) in [5, 5.41) is 13.8. The molecule has 0 saturated carbocycles. The largest absolute Gasteiger partial charge is 0.494 e. The van der Waals surface area contributed by atoms with E-state index in [-0.39, 0.29) is 22.2 Å². The number of sulfonamides is 1. The van der Waals surface area contributed by atoms with Crippen LogP contribution in [-0.2, 0) is 10.0 Å². The van der Waals surface area contributed by atoms with Gasteiger partial charge in [-0.25, -0.2) is 8.42 Å². The molecule has 3 rings (SSSR count). The van der Waals surface area contributed by atoms with Gasteiger partial charge >= 0.3 is 0 Å². The first kappa shape index (κ1) is 22.8. The maximum atomic E-state index is 12.6. The van der Waals surface area contributed by atoms with Crippen LogP contribution in [0, 0.1) is 17.0 Å². The van der Waals surface area contributed by atoms with Crippen molar-refractivity contribution in [3.63, 3.8) is 0 Å². The Morgan fingerprint density at radius 2 is 1.75 bits per heavy atom. The van der Waals surface area contributed by atoms with Gasteiger partial charge in [-0.2, -0.15) is 0 Å². The Hall–Kier alpha value is -3.92. The van der Waals surface area contributed by atoms with Crippen LogP contribution in [0.15, 0.2) is 71.6 Å². The van der Waals surface area contributed by atoms with Crippen LogP contribution in [0.3, 0.4) is 0 Å². The van der Waals surface area contributed by atoms with E-state index < -0.39 is 14.9 Å². The number of benzene rings is 3. The highest BCUT2D eigenvalue weighted by atomic mass is 32.2. The number of hydrogen-bond donors (Lipinski definition) is 2. The average molecular weight is 455 g/mol. The summed E-state index contributed by atoms with van der Waals surface area (Å²) in [7, 11) is -4.05. The van der Waals surface area contributed by atoms with Gasteiger partial charge in [-0.1, -0.05) is 12.1 Å². The maximum Gasteiger partial charge on any atom is 0.273 e. The zero-order valence-corrected chi connectivity index (χ0v) is 18.2. The van der Waals surface area contributed by atoms with Gasteiger partial charge in [0, 0.05) is 34.6 Å². The van der Waals surface area contributed by atoms with E-state index >= 15 is 0 Å². The molecular weight excluding hydrogens is 434 g/mol. The predicted molar refractivity (Wildman–Crippen MR) is 121 cm³/mol. The highest BCUT2D eigenvalue weighted by Crippen LogP contribution is 2.24. The van der Waals surface area contributed by atoms with Crippen LogP contribution in [0.25, 0.3) is 0 Å². The molecular formula is C22H21N3O6S. The summed E-state index contributed by atoms with van der Waals surface area (Å²) in [6.45, 7) is 3.89. The van der Waals surface area contributed by atoms with E-state index in [1.807, 2.05) is 6.92 Å². The monoisotopic (exact) mass is 455 g/mol. The number of nitrogens with one attached hydrogen (secondary N) is 2. The van der Waals surface area contributed by atoms with Gasteiger partial charge in [0.05, 0.1) is 16.4 Å². The number of carbonyl (C=O) groups is 1. The lowest BCUT2D eigenvalue weighted by Gasteiger charge is -2.10. The first-order valence-electron chi connectivity index (χ1n) is 9.62. The lowest BCUT2D eigenvalue weighted by molar-refractivity contribution is -0.385. The standard InChI is InChI=1S/C22H21N3O6S/c1-3-31-19-6-4-5-18(13-19)23-22(26)16-8-10-17(11-9-16)24-32(29,30)20-12-7-15(2)21(14-20)25(27)28/h4-14,24H,3H2,1-2H3,(H,23,26). The quantitative estimate of drug-likeness (QED) is 0.384. The molecule has 0 bridgehead atoms. The van der Waals surface area contributed by atoms with E-state index in [0.717, 1.165) is 6.07 Å². The number of amides is 1. The first-order valence-corrected chi connectivity index (χ1v) is 11.1. The molecule has 0 heterocycles. The Morgan fingerprint density at radius 3 is 2.41 bits per heavy atom. The molecule has 0 aliphatic heterocycles. The molecule has 1 amide bonds. The summed E-state index contributed by atoms with van der Waals surface area (Å²) in [6.07, 6.45) is 0. The van der Waals surface area contributed by atoms with Gasteiger partial charge in [0.2, 0.25) is 0 Å². The third-order valence-corrected chi connectivity index (χ3v) is 5.87. The van der Waals surface area contributed by atoms with Crippen molar-refractivity contribution in [2.24, 2.45) is 0 Å². The zero-order chi connectivity index (χ0) is 23.3. The molecule has 0 unspecified atom stereocenters. The van der Waals surface area contributed by atoms with Crippen LogP contribution in [0.5, 0.6) is 5.75 Å². The van der Waals surface area contributed by atoms with Crippen LogP contribution in [-0.4, -0.2) is 25.9 Å².